The van der Waals surface area contributed by atoms with E-state index in [1.807, 2.05) is 6.92 Å². The molecule has 4 nitrogen and oxygen atoms in total. The molecule has 0 fully saturated rings. The number of halogens is 1. The number of hydrogen-bond acceptors (Lipinski definition) is 4. The summed E-state index contributed by atoms with van der Waals surface area (Å²) in [5.74, 6) is -0.558. The zero-order valence-electron chi connectivity index (χ0n) is 12.3. The van der Waals surface area contributed by atoms with Crippen molar-refractivity contribution in [1.82, 2.24) is 0 Å². The second kappa shape index (κ2) is 7.56. The number of esters is 1. The third-order valence-electron chi connectivity index (χ3n) is 3.07. The lowest BCUT2D eigenvalue weighted by Crippen LogP contribution is -2.31. The Bertz CT molecular complexity index is 684. The van der Waals surface area contributed by atoms with Gasteiger partial charge >= 0.3 is 5.97 Å². The average molecular weight is 382 g/mol. The molecule has 6 heteroatoms. The fraction of sp³-hybridized carbons (Fsp3) is 0.250. The summed E-state index contributed by atoms with van der Waals surface area (Å²) in [6, 6.07) is 8.78. The predicted molar refractivity (Wildman–Crippen MR) is 91.8 cm³/mol. The first-order valence-corrected chi connectivity index (χ1v) is 8.57. The van der Waals surface area contributed by atoms with Gasteiger partial charge in [0.2, 0.25) is 0 Å². The molecule has 0 aliphatic rings. The van der Waals surface area contributed by atoms with Crippen molar-refractivity contribution in [2.45, 2.75) is 13.8 Å². The maximum atomic E-state index is 12.7. The predicted octanol–water partition coefficient (Wildman–Crippen LogP) is 4.35. The van der Waals surface area contributed by atoms with Gasteiger partial charge in [-0.05, 0) is 48.0 Å². The van der Waals surface area contributed by atoms with Crippen LogP contribution >= 0.6 is 27.3 Å². The van der Waals surface area contributed by atoms with Crippen LogP contribution in [0.1, 0.15) is 34.6 Å². The molecular formula is C16H16BrNO3S. The molecule has 0 radical (unpaired) electrons. The highest BCUT2D eigenvalue weighted by atomic mass is 79.9. The molecule has 22 heavy (non-hydrogen) atoms. The largest absolute Gasteiger partial charge is 0.462 e. The fourth-order valence-electron chi connectivity index (χ4n) is 2.09. The van der Waals surface area contributed by atoms with Crippen LogP contribution in [0.25, 0.3) is 0 Å². The molecule has 0 bridgehead atoms. The van der Waals surface area contributed by atoms with E-state index in [-0.39, 0.29) is 5.91 Å². The number of rotatable bonds is 5. The number of nitrogens with zero attached hydrogens (tertiary/aromatic N) is 1. The minimum absolute atomic E-state index is 0.138. The van der Waals surface area contributed by atoms with Gasteiger partial charge in [0.25, 0.3) is 5.91 Å². The summed E-state index contributed by atoms with van der Waals surface area (Å²) in [4.78, 5) is 26.3. The number of carbonyl (C=O) groups is 2. The van der Waals surface area contributed by atoms with E-state index in [2.05, 4.69) is 15.9 Å². The third-order valence-corrected chi connectivity index (χ3v) is 4.57. The molecule has 1 aromatic carbocycles. The van der Waals surface area contributed by atoms with Crippen LogP contribution in [0.4, 0.5) is 5.69 Å². The van der Waals surface area contributed by atoms with Crippen molar-refractivity contribution in [2.75, 3.05) is 18.1 Å². The molecule has 0 saturated carbocycles. The lowest BCUT2D eigenvalue weighted by atomic mass is 10.1. The minimum atomic E-state index is -0.421. The molecule has 0 aliphatic heterocycles. The summed E-state index contributed by atoms with van der Waals surface area (Å²) in [6.07, 6.45) is 0. The van der Waals surface area contributed by atoms with Crippen molar-refractivity contribution >= 4 is 44.8 Å². The van der Waals surface area contributed by atoms with Crippen LogP contribution < -0.4 is 4.90 Å². The number of benzene rings is 1. The molecular weight excluding hydrogens is 366 g/mol. The van der Waals surface area contributed by atoms with Crippen molar-refractivity contribution in [2.24, 2.45) is 0 Å². The van der Waals surface area contributed by atoms with E-state index in [1.54, 1.807) is 47.5 Å². The number of thiophene rings is 1. The van der Waals surface area contributed by atoms with E-state index in [0.29, 0.717) is 30.0 Å². The molecule has 1 amide bonds. The minimum Gasteiger partial charge on any atom is -0.462 e. The van der Waals surface area contributed by atoms with E-state index < -0.39 is 5.97 Å². The molecule has 1 aromatic heterocycles. The molecule has 2 aromatic rings. The maximum Gasteiger partial charge on any atom is 0.340 e. The highest BCUT2D eigenvalue weighted by Crippen LogP contribution is 2.26. The molecule has 1 heterocycles. The van der Waals surface area contributed by atoms with Gasteiger partial charge in [-0.25, -0.2) is 4.79 Å². The number of carbonyl (C=O) groups excluding carboxylic acids is 2. The number of hydrogen-bond donors (Lipinski definition) is 0. The first-order chi connectivity index (χ1) is 10.6. The fourth-order valence-corrected chi connectivity index (χ4v) is 3.22. The zero-order valence-corrected chi connectivity index (χ0v) is 14.7. The monoisotopic (exact) mass is 381 g/mol. The zero-order chi connectivity index (χ0) is 16.1. The standard InChI is InChI=1S/C16H16BrNO3S/c1-3-18(15(19)11-9-14(17)22-10-11)13-8-6-5-7-12(13)16(20)21-4-2/h5-10H,3-4H2,1-2H3. The van der Waals surface area contributed by atoms with Gasteiger partial charge < -0.3 is 9.64 Å². The smallest absolute Gasteiger partial charge is 0.340 e. The Morgan fingerprint density at radius 1 is 1.27 bits per heavy atom. The lowest BCUT2D eigenvalue weighted by Gasteiger charge is -2.22. The summed E-state index contributed by atoms with van der Waals surface area (Å²) >= 11 is 4.81. The quantitative estimate of drug-likeness (QED) is 0.723. The number of amides is 1. The Morgan fingerprint density at radius 3 is 2.59 bits per heavy atom. The summed E-state index contributed by atoms with van der Waals surface area (Å²) in [6.45, 7) is 4.39. The summed E-state index contributed by atoms with van der Waals surface area (Å²) in [5, 5.41) is 1.79. The number of anilines is 1. The van der Waals surface area contributed by atoms with Gasteiger partial charge in [-0.2, -0.15) is 0 Å². The normalized spacial score (nSPS) is 10.3. The van der Waals surface area contributed by atoms with Crippen LogP contribution in [0.5, 0.6) is 0 Å². The van der Waals surface area contributed by atoms with Crippen LogP contribution in [-0.2, 0) is 4.74 Å². The first kappa shape index (κ1) is 16.7. The Kier molecular flexibility index (Phi) is 5.74. The Labute approximate surface area is 141 Å². The van der Waals surface area contributed by atoms with E-state index >= 15 is 0 Å². The van der Waals surface area contributed by atoms with Crippen molar-refractivity contribution in [3.8, 4) is 0 Å². The Morgan fingerprint density at radius 2 is 2.00 bits per heavy atom. The van der Waals surface area contributed by atoms with Gasteiger partial charge in [-0.3, -0.25) is 4.79 Å². The van der Waals surface area contributed by atoms with Crippen molar-refractivity contribution in [3.05, 3.63) is 50.6 Å². The average Bonchev–Trinajstić information content (AvgIpc) is 2.95. The molecule has 0 atom stereocenters. The van der Waals surface area contributed by atoms with Gasteiger partial charge in [0, 0.05) is 11.9 Å². The van der Waals surface area contributed by atoms with E-state index in [4.69, 9.17) is 4.74 Å². The molecule has 0 aliphatic carbocycles. The van der Waals surface area contributed by atoms with Crippen LogP contribution in [0, 0.1) is 0 Å². The third kappa shape index (κ3) is 3.56. The molecule has 2 rings (SSSR count). The molecule has 0 saturated heterocycles. The van der Waals surface area contributed by atoms with Gasteiger partial charge in [0.1, 0.15) is 0 Å². The van der Waals surface area contributed by atoms with Crippen LogP contribution in [-0.4, -0.2) is 25.0 Å². The van der Waals surface area contributed by atoms with Gasteiger partial charge in [-0.1, -0.05) is 12.1 Å². The number of para-hydroxylation sites is 1. The van der Waals surface area contributed by atoms with Crippen molar-refractivity contribution < 1.29 is 14.3 Å². The van der Waals surface area contributed by atoms with E-state index in [0.717, 1.165) is 3.79 Å². The van der Waals surface area contributed by atoms with Crippen LogP contribution in [0.15, 0.2) is 39.5 Å². The van der Waals surface area contributed by atoms with Gasteiger partial charge in [0.05, 0.1) is 27.2 Å². The lowest BCUT2D eigenvalue weighted by molar-refractivity contribution is 0.0527. The molecule has 0 unspecified atom stereocenters. The highest BCUT2D eigenvalue weighted by Gasteiger charge is 2.22. The van der Waals surface area contributed by atoms with E-state index in [9.17, 15) is 9.59 Å². The Balaban J connectivity index is 2.39. The van der Waals surface area contributed by atoms with E-state index in [1.165, 1.54) is 11.3 Å². The summed E-state index contributed by atoms with van der Waals surface area (Å²) in [7, 11) is 0. The molecule has 0 spiro atoms. The second-order valence-electron chi connectivity index (χ2n) is 4.43. The second-order valence-corrected chi connectivity index (χ2v) is 6.72. The van der Waals surface area contributed by atoms with Crippen LogP contribution in [0.3, 0.4) is 0 Å². The van der Waals surface area contributed by atoms with Gasteiger partial charge in [0.15, 0.2) is 0 Å². The van der Waals surface area contributed by atoms with Gasteiger partial charge in [-0.15, -0.1) is 11.3 Å². The SMILES string of the molecule is CCOC(=O)c1ccccc1N(CC)C(=O)c1csc(Br)c1. The number of ether oxygens (including phenoxy) is 1. The topological polar surface area (TPSA) is 46.6 Å². The molecule has 116 valence electrons. The summed E-state index contributed by atoms with van der Waals surface area (Å²) < 4.78 is 5.96. The van der Waals surface area contributed by atoms with Crippen molar-refractivity contribution in [1.29, 1.82) is 0 Å². The maximum absolute atomic E-state index is 12.7. The highest BCUT2D eigenvalue weighted by molar-refractivity contribution is 9.11. The van der Waals surface area contributed by atoms with Crippen LogP contribution in [0.2, 0.25) is 0 Å². The van der Waals surface area contributed by atoms with Crippen molar-refractivity contribution in [3.63, 3.8) is 0 Å². The molecule has 0 N–H and O–H groups in total. The Hall–Kier alpha value is -1.66. The summed E-state index contributed by atoms with van der Waals surface area (Å²) in [5.41, 5.74) is 1.56. The first-order valence-electron chi connectivity index (χ1n) is 6.90.